The fourth-order valence-electron chi connectivity index (χ4n) is 3.02. The van der Waals surface area contributed by atoms with Gasteiger partial charge in [-0.2, -0.15) is 5.26 Å². The number of rotatable bonds is 3. The van der Waals surface area contributed by atoms with E-state index in [9.17, 15) is 10.1 Å². The van der Waals surface area contributed by atoms with Crippen LogP contribution in [0.2, 0.25) is 10.0 Å². The molecule has 4 nitrogen and oxygen atoms in total. The molecule has 3 rings (SSSR count). The largest absolute Gasteiger partial charge is 0.494 e. The molecule has 1 aromatic carbocycles. The van der Waals surface area contributed by atoms with Gasteiger partial charge in [-0.25, -0.2) is 0 Å². The molecular formula is C18H16Cl2N2O2S. The average molecular weight is 395 g/mol. The Morgan fingerprint density at radius 2 is 2.08 bits per heavy atom. The van der Waals surface area contributed by atoms with Gasteiger partial charge in [0.25, 0.3) is 5.91 Å². The van der Waals surface area contributed by atoms with E-state index in [2.05, 4.69) is 18.3 Å². The number of hydrogen-bond acceptors (Lipinski definition) is 4. The summed E-state index contributed by atoms with van der Waals surface area (Å²) in [6.45, 7) is 2.20. The SMILES string of the molecule is COc1c(Cl)cc(C(=O)Nc2sc3c(c2C#N)CCC(C)C3)cc1Cl. The van der Waals surface area contributed by atoms with E-state index in [-0.39, 0.29) is 16.0 Å². The lowest BCUT2D eigenvalue weighted by Crippen LogP contribution is -2.12. The van der Waals surface area contributed by atoms with E-state index in [1.807, 2.05) is 0 Å². The predicted molar refractivity (Wildman–Crippen MR) is 101 cm³/mol. The lowest BCUT2D eigenvalue weighted by molar-refractivity contribution is 0.102. The van der Waals surface area contributed by atoms with Crippen LogP contribution >= 0.6 is 34.5 Å². The lowest BCUT2D eigenvalue weighted by atomic mass is 9.88. The van der Waals surface area contributed by atoms with Crippen molar-refractivity contribution in [3.8, 4) is 11.8 Å². The van der Waals surface area contributed by atoms with Crippen molar-refractivity contribution < 1.29 is 9.53 Å². The third-order valence-corrected chi connectivity index (χ3v) is 6.05. The Kier molecular flexibility index (Phi) is 5.24. The molecule has 0 spiro atoms. The maximum Gasteiger partial charge on any atom is 0.256 e. The minimum absolute atomic E-state index is 0.264. The zero-order valence-electron chi connectivity index (χ0n) is 13.8. The molecule has 2 aromatic rings. The maximum atomic E-state index is 12.6. The third kappa shape index (κ3) is 3.48. The molecule has 1 heterocycles. The summed E-state index contributed by atoms with van der Waals surface area (Å²) in [6.07, 6.45) is 2.90. The number of anilines is 1. The van der Waals surface area contributed by atoms with Gasteiger partial charge in [-0.1, -0.05) is 30.1 Å². The molecule has 0 saturated carbocycles. The molecular weight excluding hydrogens is 379 g/mol. The summed E-state index contributed by atoms with van der Waals surface area (Å²) in [5.41, 5.74) is 1.97. The van der Waals surface area contributed by atoms with Gasteiger partial charge in [0.15, 0.2) is 5.75 Å². The van der Waals surface area contributed by atoms with E-state index in [1.54, 1.807) is 0 Å². The predicted octanol–water partition coefficient (Wildman–Crippen LogP) is 5.31. The summed E-state index contributed by atoms with van der Waals surface area (Å²) < 4.78 is 5.09. The first-order valence-corrected chi connectivity index (χ1v) is 9.40. The summed E-state index contributed by atoms with van der Waals surface area (Å²) in [7, 11) is 1.46. The van der Waals surface area contributed by atoms with Crippen LogP contribution in [0.3, 0.4) is 0 Å². The molecule has 130 valence electrons. The topological polar surface area (TPSA) is 62.1 Å². The van der Waals surface area contributed by atoms with Crippen molar-refractivity contribution in [2.24, 2.45) is 5.92 Å². The van der Waals surface area contributed by atoms with E-state index in [4.69, 9.17) is 27.9 Å². The molecule has 1 aliphatic rings. The second-order valence-corrected chi connectivity index (χ2v) is 8.01. The highest BCUT2D eigenvalue weighted by Gasteiger charge is 2.25. The van der Waals surface area contributed by atoms with Crippen molar-refractivity contribution in [1.82, 2.24) is 0 Å². The van der Waals surface area contributed by atoms with Crippen molar-refractivity contribution in [2.75, 3.05) is 12.4 Å². The number of halogens is 2. The highest BCUT2D eigenvalue weighted by atomic mass is 35.5. The van der Waals surface area contributed by atoms with Crippen LogP contribution in [0.4, 0.5) is 5.00 Å². The highest BCUT2D eigenvalue weighted by molar-refractivity contribution is 7.16. The van der Waals surface area contributed by atoms with Crippen LogP contribution in [0, 0.1) is 17.2 Å². The van der Waals surface area contributed by atoms with Gasteiger partial charge in [-0.05, 0) is 42.9 Å². The molecule has 0 fully saturated rings. The number of fused-ring (bicyclic) bond motifs is 1. The van der Waals surface area contributed by atoms with Crippen molar-refractivity contribution in [2.45, 2.75) is 26.2 Å². The van der Waals surface area contributed by atoms with E-state index in [1.165, 1.54) is 35.5 Å². The van der Waals surface area contributed by atoms with Crippen molar-refractivity contribution in [3.05, 3.63) is 43.7 Å². The first kappa shape index (κ1) is 18.1. The number of ether oxygens (including phenoxy) is 1. The van der Waals surface area contributed by atoms with E-state index in [0.29, 0.717) is 27.8 Å². The number of carbonyl (C=O) groups is 1. The summed E-state index contributed by atoms with van der Waals surface area (Å²) in [4.78, 5) is 13.8. The van der Waals surface area contributed by atoms with E-state index < -0.39 is 0 Å². The molecule has 0 bridgehead atoms. The fraction of sp³-hybridized carbons (Fsp3) is 0.333. The summed E-state index contributed by atoms with van der Waals surface area (Å²) in [5, 5.41) is 13.5. The van der Waals surface area contributed by atoms with Gasteiger partial charge in [0.05, 0.1) is 22.7 Å². The second kappa shape index (κ2) is 7.25. The van der Waals surface area contributed by atoms with Gasteiger partial charge in [0.2, 0.25) is 0 Å². The van der Waals surface area contributed by atoms with Gasteiger partial charge >= 0.3 is 0 Å². The third-order valence-electron chi connectivity index (χ3n) is 4.32. The molecule has 1 aliphatic carbocycles. The number of carbonyl (C=O) groups excluding carboxylic acids is 1. The van der Waals surface area contributed by atoms with Gasteiger partial charge in [0, 0.05) is 10.4 Å². The molecule has 1 amide bonds. The van der Waals surface area contributed by atoms with Crippen molar-refractivity contribution in [3.63, 3.8) is 0 Å². The van der Waals surface area contributed by atoms with E-state index >= 15 is 0 Å². The van der Waals surface area contributed by atoms with Crippen LogP contribution < -0.4 is 10.1 Å². The first-order valence-electron chi connectivity index (χ1n) is 7.83. The number of hydrogen-bond donors (Lipinski definition) is 1. The average Bonchev–Trinajstić information content (AvgIpc) is 2.90. The van der Waals surface area contributed by atoms with Crippen LogP contribution in [-0.4, -0.2) is 13.0 Å². The number of benzene rings is 1. The molecule has 0 saturated heterocycles. The normalized spacial score (nSPS) is 16.0. The summed E-state index contributed by atoms with van der Waals surface area (Å²) in [5.74, 6) is 0.577. The van der Waals surface area contributed by atoms with Crippen LogP contribution in [0.5, 0.6) is 5.75 Å². The standard InChI is InChI=1S/C18H16Cl2N2O2S/c1-9-3-4-11-12(8-21)18(25-15(11)5-9)22-17(23)10-6-13(19)16(24-2)14(20)7-10/h6-7,9H,3-5H2,1-2H3,(H,22,23). The van der Waals surface area contributed by atoms with E-state index in [0.717, 1.165) is 24.8 Å². The Bertz CT molecular complexity index is 863. The van der Waals surface area contributed by atoms with Gasteiger partial charge in [0.1, 0.15) is 11.1 Å². The highest BCUT2D eigenvalue weighted by Crippen LogP contribution is 2.40. The van der Waals surface area contributed by atoms with Crippen LogP contribution in [0.15, 0.2) is 12.1 Å². The number of thiophene rings is 1. The second-order valence-electron chi connectivity index (χ2n) is 6.09. The monoisotopic (exact) mass is 394 g/mol. The summed E-state index contributed by atoms with van der Waals surface area (Å²) >= 11 is 13.7. The number of nitriles is 1. The lowest BCUT2D eigenvalue weighted by Gasteiger charge is -2.17. The molecule has 1 aromatic heterocycles. The Balaban J connectivity index is 1.91. The number of nitrogens with zero attached hydrogens (tertiary/aromatic N) is 1. The number of nitrogens with one attached hydrogen (secondary N) is 1. The molecule has 7 heteroatoms. The van der Waals surface area contributed by atoms with Gasteiger partial charge in [-0.3, -0.25) is 4.79 Å². The summed E-state index contributed by atoms with van der Waals surface area (Å²) in [6, 6.07) is 5.25. The smallest absolute Gasteiger partial charge is 0.256 e. The maximum absolute atomic E-state index is 12.6. The first-order chi connectivity index (χ1) is 11.9. The number of amides is 1. The quantitative estimate of drug-likeness (QED) is 0.766. The van der Waals surface area contributed by atoms with Crippen molar-refractivity contribution >= 4 is 45.4 Å². The zero-order chi connectivity index (χ0) is 18.1. The molecule has 0 aliphatic heterocycles. The van der Waals surface area contributed by atoms with Gasteiger partial charge in [-0.15, -0.1) is 11.3 Å². The van der Waals surface area contributed by atoms with Crippen molar-refractivity contribution in [1.29, 1.82) is 5.26 Å². The number of methoxy groups -OCH3 is 1. The molecule has 25 heavy (non-hydrogen) atoms. The minimum atomic E-state index is -0.352. The molecule has 1 unspecified atom stereocenters. The van der Waals surface area contributed by atoms with Crippen LogP contribution in [-0.2, 0) is 12.8 Å². The zero-order valence-corrected chi connectivity index (χ0v) is 16.1. The Hall–Kier alpha value is -1.74. The molecule has 0 radical (unpaired) electrons. The van der Waals surface area contributed by atoms with Gasteiger partial charge < -0.3 is 10.1 Å². The Labute approximate surface area is 160 Å². The van der Waals surface area contributed by atoms with Crippen LogP contribution in [0.1, 0.15) is 39.7 Å². The Morgan fingerprint density at radius 3 is 2.68 bits per heavy atom. The fourth-order valence-corrected chi connectivity index (χ4v) is 5.02. The molecule has 1 N–H and O–H groups in total. The van der Waals surface area contributed by atoms with Crippen LogP contribution in [0.25, 0.3) is 0 Å². The molecule has 1 atom stereocenters. The Morgan fingerprint density at radius 1 is 1.40 bits per heavy atom. The minimum Gasteiger partial charge on any atom is -0.494 e.